The van der Waals surface area contributed by atoms with Crippen LogP contribution in [0.5, 0.6) is 0 Å². The molecule has 0 amide bonds. The molecule has 0 aliphatic carbocycles. The van der Waals surface area contributed by atoms with Crippen molar-refractivity contribution in [3.8, 4) is 17.3 Å². The standard InChI is InChI=1S/C21H13F3N2O3/c22-21(23,24)17-10-18(14-4-2-1-3-5-14)26(19(27)16(17)11-25)12-13-6-8-15(9-7-13)20(28)29/h1-10H,12H2,(H,28,29). The summed E-state index contributed by atoms with van der Waals surface area (Å²) in [7, 11) is 0. The third-order valence-electron chi connectivity index (χ3n) is 4.33. The highest BCUT2D eigenvalue weighted by atomic mass is 19.4. The third-order valence-corrected chi connectivity index (χ3v) is 4.33. The fourth-order valence-electron chi connectivity index (χ4n) is 2.92. The van der Waals surface area contributed by atoms with E-state index in [0.717, 1.165) is 10.6 Å². The molecule has 146 valence electrons. The molecule has 1 N–H and O–H groups in total. The highest BCUT2D eigenvalue weighted by Crippen LogP contribution is 2.33. The molecule has 0 fully saturated rings. The fraction of sp³-hybridized carbons (Fsp3) is 0.0952. The topological polar surface area (TPSA) is 83.1 Å². The fourth-order valence-corrected chi connectivity index (χ4v) is 2.92. The number of hydrogen-bond donors (Lipinski definition) is 1. The van der Waals surface area contributed by atoms with Gasteiger partial charge in [-0.15, -0.1) is 0 Å². The number of nitriles is 1. The number of carbonyl (C=O) groups is 1. The second-order valence-corrected chi connectivity index (χ2v) is 6.19. The Hall–Kier alpha value is -3.86. The predicted molar refractivity (Wildman–Crippen MR) is 98.4 cm³/mol. The van der Waals surface area contributed by atoms with Gasteiger partial charge in [0.15, 0.2) is 0 Å². The molecule has 0 saturated carbocycles. The highest BCUT2D eigenvalue weighted by Gasteiger charge is 2.36. The number of hydrogen-bond acceptors (Lipinski definition) is 3. The number of halogens is 3. The van der Waals surface area contributed by atoms with Crippen LogP contribution in [0.1, 0.15) is 27.0 Å². The van der Waals surface area contributed by atoms with Crippen LogP contribution in [0.2, 0.25) is 0 Å². The van der Waals surface area contributed by atoms with Gasteiger partial charge < -0.3 is 9.67 Å². The molecule has 1 heterocycles. The predicted octanol–water partition coefficient (Wildman–Crippen LogP) is 4.15. The maximum Gasteiger partial charge on any atom is 0.417 e. The summed E-state index contributed by atoms with van der Waals surface area (Å²) in [5.74, 6) is -1.13. The van der Waals surface area contributed by atoms with Gasteiger partial charge in [0.2, 0.25) is 0 Å². The molecule has 0 spiro atoms. The average molecular weight is 398 g/mol. The van der Waals surface area contributed by atoms with Gasteiger partial charge in [-0.3, -0.25) is 4.79 Å². The number of pyridine rings is 1. The molecule has 0 unspecified atom stereocenters. The summed E-state index contributed by atoms with van der Waals surface area (Å²) < 4.78 is 41.4. The number of aromatic nitrogens is 1. The van der Waals surface area contributed by atoms with Crippen LogP contribution in [0.4, 0.5) is 13.2 Å². The summed E-state index contributed by atoms with van der Waals surface area (Å²) in [6, 6.07) is 15.8. The maximum absolute atomic E-state index is 13.4. The van der Waals surface area contributed by atoms with E-state index in [0.29, 0.717) is 11.1 Å². The van der Waals surface area contributed by atoms with Crippen LogP contribution in [0.3, 0.4) is 0 Å². The number of benzene rings is 2. The number of rotatable bonds is 4. The summed E-state index contributed by atoms with van der Waals surface area (Å²) in [5, 5.41) is 18.2. The second-order valence-electron chi connectivity index (χ2n) is 6.19. The molecule has 0 bridgehead atoms. The first-order chi connectivity index (χ1) is 13.7. The quantitative estimate of drug-likeness (QED) is 0.716. The Balaban J connectivity index is 2.23. The zero-order valence-electron chi connectivity index (χ0n) is 14.8. The van der Waals surface area contributed by atoms with Crippen LogP contribution in [0, 0.1) is 11.3 Å². The molecule has 0 saturated heterocycles. The zero-order valence-corrected chi connectivity index (χ0v) is 14.8. The van der Waals surface area contributed by atoms with Crippen molar-refractivity contribution in [2.75, 3.05) is 0 Å². The van der Waals surface area contributed by atoms with E-state index in [9.17, 15) is 28.0 Å². The van der Waals surface area contributed by atoms with E-state index in [2.05, 4.69) is 0 Å². The van der Waals surface area contributed by atoms with Crippen molar-refractivity contribution < 1.29 is 23.1 Å². The van der Waals surface area contributed by atoms with Gasteiger partial charge in [0.05, 0.1) is 23.4 Å². The smallest absolute Gasteiger partial charge is 0.417 e. The van der Waals surface area contributed by atoms with E-state index in [4.69, 9.17) is 5.11 Å². The van der Waals surface area contributed by atoms with Gasteiger partial charge in [0.1, 0.15) is 11.6 Å². The molecule has 2 aromatic carbocycles. The van der Waals surface area contributed by atoms with Crippen molar-refractivity contribution in [3.05, 3.63) is 93.3 Å². The van der Waals surface area contributed by atoms with E-state index in [1.807, 2.05) is 0 Å². The van der Waals surface area contributed by atoms with Crippen LogP contribution in [-0.2, 0) is 12.7 Å². The van der Waals surface area contributed by atoms with E-state index >= 15 is 0 Å². The summed E-state index contributed by atoms with van der Waals surface area (Å²) >= 11 is 0. The Bertz CT molecular complexity index is 1160. The summed E-state index contributed by atoms with van der Waals surface area (Å²) in [5.41, 5.74) is -2.43. The average Bonchev–Trinajstić information content (AvgIpc) is 2.69. The van der Waals surface area contributed by atoms with Crippen LogP contribution >= 0.6 is 0 Å². The van der Waals surface area contributed by atoms with E-state index in [-0.39, 0.29) is 17.8 Å². The molecular formula is C21H13F3N2O3. The lowest BCUT2D eigenvalue weighted by molar-refractivity contribution is -0.137. The largest absolute Gasteiger partial charge is 0.478 e. The first kappa shape index (κ1) is 19.9. The number of carboxylic acids is 1. The monoisotopic (exact) mass is 398 g/mol. The van der Waals surface area contributed by atoms with Crippen molar-refractivity contribution in [3.63, 3.8) is 0 Å². The molecule has 5 nitrogen and oxygen atoms in total. The first-order valence-electron chi connectivity index (χ1n) is 8.35. The minimum absolute atomic E-state index is 0.00392. The van der Waals surface area contributed by atoms with Crippen molar-refractivity contribution in [2.24, 2.45) is 0 Å². The van der Waals surface area contributed by atoms with Crippen molar-refractivity contribution in [2.45, 2.75) is 12.7 Å². The number of nitrogens with zero attached hydrogens (tertiary/aromatic N) is 2. The number of aromatic carboxylic acids is 1. The van der Waals surface area contributed by atoms with Gasteiger partial charge >= 0.3 is 12.1 Å². The molecule has 0 aliphatic heterocycles. The Morgan fingerprint density at radius 2 is 1.69 bits per heavy atom. The van der Waals surface area contributed by atoms with E-state index in [1.165, 1.54) is 30.3 Å². The summed E-state index contributed by atoms with van der Waals surface area (Å²) in [6.07, 6.45) is -4.87. The molecule has 8 heteroatoms. The van der Waals surface area contributed by atoms with Crippen molar-refractivity contribution in [1.82, 2.24) is 4.57 Å². The third kappa shape index (κ3) is 4.04. The molecule has 0 atom stereocenters. The maximum atomic E-state index is 13.4. The molecular weight excluding hydrogens is 385 g/mol. The summed E-state index contributed by atoms with van der Waals surface area (Å²) in [6.45, 7) is -0.129. The Morgan fingerprint density at radius 1 is 1.07 bits per heavy atom. The van der Waals surface area contributed by atoms with E-state index in [1.54, 1.807) is 30.3 Å². The molecule has 3 aromatic rings. The van der Waals surface area contributed by atoms with Gasteiger partial charge in [-0.25, -0.2) is 4.79 Å². The lowest BCUT2D eigenvalue weighted by atomic mass is 10.0. The molecule has 1 aromatic heterocycles. The summed E-state index contributed by atoms with van der Waals surface area (Å²) in [4.78, 5) is 23.8. The van der Waals surface area contributed by atoms with Crippen molar-refractivity contribution >= 4 is 5.97 Å². The minimum atomic E-state index is -4.87. The Kier molecular flexibility index (Phi) is 5.24. The van der Waals surface area contributed by atoms with Gasteiger partial charge in [-0.2, -0.15) is 18.4 Å². The zero-order chi connectivity index (χ0) is 21.2. The minimum Gasteiger partial charge on any atom is -0.478 e. The van der Waals surface area contributed by atoms with Crippen LogP contribution < -0.4 is 5.56 Å². The lowest BCUT2D eigenvalue weighted by Crippen LogP contribution is -2.28. The number of carboxylic acid groups (broad SMARTS) is 1. The normalized spacial score (nSPS) is 11.1. The lowest BCUT2D eigenvalue weighted by Gasteiger charge is -2.17. The van der Waals surface area contributed by atoms with Crippen LogP contribution in [0.25, 0.3) is 11.3 Å². The second kappa shape index (κ2) is 7.64. The molecule has 29 heavy (non-hydrogen) atoms. The van der Waals surface area contributed by atoms with Gasteiger partial charge in [0, 0.05) is 0 Å². The Morgan fingerprint density at radius 3 is 2.21 bits per heavy atom. The number of alkyl halides is 3. The van der Waals surface area contributed by atoms with Crippen LogP contribution in [0.15, 0.2) is 65.5 Å². The first-order valence-corrected chi connectivity index (χ1v) is 8.35. The molecule has 0 aliphatic rings. The van der Waals surface area contributed by atoms with Gasteiger partial charge in [0.25, 0.3) is 5.56 Å². The Labute approximate surface area is 162 Å². The van der Waals surface area contributed by atoms with E-state index < -0.39 is 28.8 Å². The van der Waals surface area contributed by atoms with Gasteiger partial charge in [-0.1, -0.05) is 42.5 Å². The molecule has 3 rings (SSSR count). The SMILES string of the molecule is N#Cc1c(C(F)(F)F)cc(-c2ccccc2)n(Cc2ccc(C(=O)O)cc2)c1=O. The molecule has 0 radical (unpaired) electrons. The van der Waals surface area contributed by atoms with Crippen molar-refractivity contribution in [1.29, 1.82) is 5.26 Å². The van der Waals surface area contributed by atoms with Gasteiger partial charge in [-0.05, 0) is 29.3 Å². The highest BCUT2D eigenvalue weighted by molar-refractivity contribution is 5.87. The van der Waals surface area contributed by atoms with Crippen LogP contribution in [-0.4, -0.2) is 15.6 Å².